The predicted molar refractivity (Wildman–Crippen MR) is 52.6 cm³/mol. The van der Waals surface area contributed by atoms with Crippen LogP contribution in [0.3, 0.4) is 0 Å². The van der Waals surface area contributed by atoms with E-state index in [1.54, 1.807) is 12.3 Å². The lowest BCUT2D eigenvalue weighted by atomic mass is 10.1. The zero-order valence-corrected chi connectivity index (χ0v) is 7.90. The molecule has 0 unspecified atom stereocenters. The minimum atomic E-state index is -0.454. The van der Waals surface area contributed by atoms with Gasteiger partial charge in [0, 0.05) is 11.6 Å². The quantitative estimate of drug-likeness (QED) is 0.769. The Morgan fingerprint density at radius 1 is 1.50 bits per heavy atom. The normalized spacial score (nSPS) is 10.4. The molecular formula is C10H6ClFN2. The highest BCUT2D eigenvalue weighted by molar-refractivity contribution is 6.35. The second kappa shape index (κ2) is 3.32. The smallest absolute Gasteiger partial charge is 0.143 e. The van der Waals surface area contributed by atoms with Crippen LogP contribution in [0.2, 0.25) is 5.02 Å². The van der Waals surface area contributed by atoms with E-state index < -0.39 is 5.82 Å². The number of fused-ring (bicyclic) bond motifs is 1. The van der Waals surface area contributed by atoms with Crippen LogP contribution < -0.4 is 0 Å². The predicted octanol–water partition coefficient (Wildman–Crippen LogP) is 3.03. The highest BCUT2D eigenvalue weighted by Crippen LogP contribution is 2.27. The Morgan fingerprint density at radius 3 is 3.00 bits per heavy atom. The van der Waals surface area contributed by atoms with E-state index in [2.05, 4.69) is 4.98 Å². The summed E-state index contributed by atoms with van der Waals surface area (Å²) in [5.41, 5.74) is 1.39. The Labute approximate surface area is 84.9 Å². The summed E-state index contributed by atoms with van der Waals surface area (Å²) in [6, 6.07) is 4.97. The maximum absolute atomic E-state index is 13.0. The van der Waals surface area contributed by atoms with Gasteiger partial charge < -0.3 is 4.98 Å². The molecule has 0 aliphatic rings. The average Bonchev–Trinajstić information content (AvgIpc) is 2.57. The van der Waals surface area contributed by atoms with E-state index >= 15 is 0 Å². The molecule has 2 rings (SSSR count). The van der Waals surface area contributed by atoms with E-state index in [9.17, 15) is 4.39 Å². The fourth-order valence-corrected chi connectivity index (χ4v) is 1.65. The van der Waals surface area contributed by atoms with Crippen LogP contribution in [0, 0.1) is 17.1 Å². The van der Waals surface area contributed by atoms with Crippen molar-refractivity contribution in [2.75, 3.05) is 0 Å². The number of nitrogens with one attached hydrogen (secondary N) is 1. The molecule has 70 valence electrons. The summed E-state index contributed by atoms with van der Waals surface area (Å²) >= 11 is 5.75. The largest absolute Gasteiger partial charge is 0.360 e. The molecule has 2 nitrogen and oxygen atoms in total. The molecule has 0 amide bonds. The number of rotatable bonds is 1. The molecule has 4 heteroatoms. The van der Waals surface area contributed by atoms with E-state index in [4.69, 9.17) is 16.9 Å². The Balaban J connectivity index is 2.72. The Hall–Kier alpha value is -1.53. The monoisotopic (exact) mass is 208 g/mol. The Morgan fingerprint density at radius 2 is 2.29 bits per heavy atom. The zero-order valence-electron chi connectivity index (χ0n) is 7.14. The van der Waals surface area contributed by atoms with E-state index in [0.29, 0.717) is 11.9 Å². The number of halogens is 2. The topological polar surface area (TPSA) is 39.6 Å². The van der Waals surface area contributed by atoms with E-state index in [1.807, 2.05) is 6.07 Å². The molecule has 0 bridgehead atoms. The van der Waals surface area contributed by atoms with Crippen molar-refractivity contribution in [2.45, 2.75) is 6.42 Å². The molecule has 1 aromatic carbocycles. The lowest BCUT2D eigenvalue weighted by Crippen LogP contribution is -1.80. The molecule has 0 saturated heterocycles. The number of hydrogen-bond donors (Lipinski definition) is 1. The van der Waals surface area contributed by atoms with Gasteiger partial charge in [-0.2, -0.15) is 5.26 Å². The number of nitrogens with zero attached hydrogens (tertiary/aromatic N) is 1. The van der Waals surface area contributed by atoms with E-state index in [0.717, 1.165) is 10.9 Å². The van der Waals surface area contributed by atoms with Gasteiger partial charge in [-0.05, 0) is 17.7 Å². The first kappa shape index (κ1) is 9.04. The second-order valence-corrected chi connectivity index (χ2v) is 3.31. The van der Waals surface area contributed by atoms with Gasteiger partial charge in [-0.15, -0.1) is 0 Å². The third-order valence-corrected chi connectivity index (χ3v) is 2.47. The summed E-state index contributed by atoms with van der Waals surface area (Å²) in [7, 11) is 0. The number of aromatic nitrogens is 1. The van der Waals surface area contributed by atoms with Crippen LogP contribution in [0.1, 0.15) is 5.56 Å². The number of benzene rings is 1. The number of hydrogen-bond acceptors (Lipinski definition) is 1. The SMILES string of the molecule is N#CCc1c[nH]c2c(Cl)c(F)ccc12. The van der Waals surface area contributed by atoms with Crippen molar-refractivity contribution < 1.29 is 4.39 Å². The van der Waals surface area contributed by atoms with Crippen molar-refractivity contribution >= 4 is 22.5 Å². The van der Waals surface area contributed by atoms with Gasteiger partial charge in [-0.1, -0.05) is 11.6 Å². The molecule has 0 radical (unpaired) electrons. The van der Waals surface area contributed by atoms with Crippen LogP contribution in [-0.4, -0.2) is 4.98 Å². The lowest BCUT2D eigenvalue weighted by Gasteiger charge is -1.96. The van der Waals surface area contributed by atoms with Gasteiger partial charge in [-0.25, -0.2) is 4.39 Å². The number of aromatic amines is 1. The molecule has 14 heavy (non-hydrogen) atoms. The number of nitriles is 1. The zero-order chi connectivity index (χ0) is 10.1. The lowest BCUT2D eigenvalue weighted by molar-refractivity contribution is 0.630. The Bertz CT molecular complexity index is 525. The number of H-pyrrole nitrogens is 1. The molecule has 1 aromatic heterocycles. The van der Waals surface area contributed by atoms with E-state index in [-0.39, 0.29) is 5.02 Å². The van der Waals surface area contributed by atoms with Gasteiger partial charge in [0.2, 0.25) is 0 Å². The summed E-state index contributed by atoms with van der Waals surface area (Å²) in [5, 5.41) is 9.43. The molecule has 0 aliphatic heterocycles. The molecule has 1 N–H and O–H groups in total. The van der Waals surface area contributed by atoms with Crippen molar-refractivity contribution in [3.8, 4) is 6.07 Å². The summed E-state index contributed by atoms with van der Waals surface area (Å²) < 4.78 is 13.0. The first-order valence-corrected chi connectivity index (χ1v) is 4.42. The first-order chi connectivity index (χ1) is 6.74. The molecular weight excluding hydrogens is 203 g/mol. The van der Waals surface area contributed by atoms with Crippen molar-refractivity contribution in [1.82, 2.24) is 4.98 Å². The molecule has 0 fully saturated rings. The van der Waals surface area contributed by atoms with Crippen LogP contribution >= 0.6 is 11.6 Å². The van der Waals surface area contributed by atoms with Crippen LogP contribution in [0.15, 0.2) is 18.3 Å². The molecule has 0 saturated carbocycles. The average molecular weight is 209 g/mol. The highest BCUT2D eigenvalue weighted by Gasteiger charge is 2.09. The Kier molecular flexibility index (Phi) is 2.14. The third-order valence-electron chi connectivity index (χ3n) is 2.10. The van der Waals surface area contributed by atoms with Gasteiger partial charge in [0.15, 0.2) is 0 Å². The molecule has 0 aliphatic carbocycles. The van der Waals surface area contributed by atoms with Crippen molar-refractivity contribution in [3.05, 3.63) is 34.7 Å². The van der Waals surface area contributed by atoms with Gasteiger partial charge in [0.1, 0.15) is 10.8 Å². The van der Waals surface area contributed by atoms with E-state index in [1.165, 1.54) is 6.07 Å². The maximum Gasteiger partial charge on any atom is 0.143 e. The summed E-state index contributed by atoms with van der Waals surface area (Å²) in [6.07, 6.45) is 1.97. The minimum Gasteiger partial charge on any atom is -0.360 e. The minimum absolute atomic E-state index is 0.0756. The summed E-state index contributed by atoms with van der Waals surface area (Å²) in [6.45, 7) is 0. The third kappa shape index (κ3) is 1.24. The fourth-order valence-electron chi connectivity index (χ4n) is 1.43. The van der Waals surface area contributed by atoms with Crippen LogP contribution in [0.5, 0.6) is 0 Å². The maximum atomic E-state index is 13.0. The van der Waals surface area contributed by atoms with Crippen molar-refractivity contribution in [1.29, 1.82) is 5.26 Å². The fraction of sp³-hybridized carbons (Fsp3) is 0.100. The van der Waals surface area contributed by atoms with Crippen LogP contribution in [-0.2, 0) is 6.42 Å². The highest BCUT2D eigenvalue weighted by atomic mass is 35.5. The van der Waals surface area contributed by atoms with Gasteiger partial charge >= 0.3 is 0 Å². The molecule has 0 atom stereocenters. The molecule has 1 heterocycles. The summed E-state index contributed by atoms with van der Waals surface area (Å²) in [4.78, 5) is 2.86. The van der Waals surface area contributed by atoms with Crippen molar-refractivity contribution in [2.24, 2.45) is 0 Å². The van der Waals surface area contributed by atoms with Gasteiger partial charge in [0.25, 0.3) is 0 Å². The van der Waals surface area contributed by atoms with Gasteiger partial charge in [-0.3, -0.25) is 0 Å². The first-order valence-electron chi connectivity index (χ1n) is 4.05. The van der Waals surface area contributed by atoms with Crippen molar-refractivity contribution in [3.63, 3.8) is 0 Å². The van der Waals surface area contributed by atoms with Gasteiger partial charge in [0.05, 0.1) is 18.0 Å². The molecule has 0 spiro atoms. The van der Waals surface area contributed by atoms with Crippen LogP contribution in [0.4, 0.5) is 4.39 Å². The standard InChI is InChI=1S/C10H6ClFN2/c11-9-8(12)2-1-7-6(3-4-13)5-14-10(7)9/h1-2,5,14H,3H2. The van der Waals surface area contributed by atoms with Crippen LogP contribution in [0.25, 0.3) is 10.9 Å². The molecule has 2 aromatic rings. The summed E-state index contributed by atoms with van der Waals surface area (Å²) in [5.74, 6) is -0.454. The second-order valence-electron chi connectivity index (χ2n) is 2.93.